The highest BCUT2D eigenvalue weighted by atomic mass is 16.4. The SMILES string of the molecule is C#CC(CC)(CC)NC(=O)CN1CC(C(C)C(=O)O)C1. The van der Waals surface area contributed by atoms with Gasteiger partial charge in [0.15, 0.2) is 0 Å². The van der Waals surface area contributed by atoms with Crippen LogP contribution in [0, 0.1) is 24.2 Å². The first-order valence-corrected chi connectivity index (χ1v) is 7.11. The second kappa shape index (κ2) is 6.76. The van der Waals surface area contributed by atoms with E-state index in [0.29, 0.717) is 25.9 Å². The maximum absolute atomic E-state index is 12.0. The molecule has 1 atom stereocenters. The average molecular weight is 280 g/mol. The molecule has 5 nitrogen and oxygen atoms in total. The highest BCUT2D eigenvalue weighted by Gasteiger charge is 2.36. The number of likely N-dealkylation sites (tertiary alicyclic amines) is 1. The van der Waals surface area contributed by atoms with Crippen LogP contribution in [-0.2, 0) is 9.59 Å². The monoisotopic (exact) mass is 280 g/mol. The van der Waals surface area contributed by atoms with Crippen LogP contribution in [0.2, 0.25) is 0 Å². The molecule has 0 radical (unpaired) electrons. The largest absolute Gasteiger partial charge is 0.481 e. The summed E-state index contributed by atoms with van der Waals surface area (Å²) in [6, 6.07) is 0. The van der Waals surface area contributed by atoms with Crippen LogP contribution in [0.5, 0.6) is 0 Å². The van der Waals surface area contributed by atoms with Crippen molar-refractivity contribution in [1.82, 2.24) is 10.2 Å². The summed E-state index contributed by atoms with van der Waals surface area (Å²) in [5, 5.41) is 11.8. The molecule has 1 amide bonds. The molecule has 5 heteroatoms. The molecule has 0 spiro atoms. The van der Waals surface area contributed by atoms with Crippen LogP contribution in [0.15, 0.2) is 0 Å². The molecular weight excluding hydrogens is 256 g/mol. The van der Waals surface area contributed by atoms with Gasteiger partial charge in [-0.15, -0.1) is 6.42 Å². The number of carboxylic acid groups (broad SMARTS) is 1. The van der Waals surface area contributed by atoms with E-state index in [1.165, 1.54) is 0 Å². The highest BCUT2D eigenvalue weighted by molar-refractivity contribution is 5.79. The Morgan fingerprint density at radius 1 is 1.45 bits per heavy atom. The number of rotatable bonds is 7. The van der Waals surface area contributed by atoms with Crippen molar-refractivity contribution in [3.05, 3.63) is 0 Å². The Labute approximate surface area is 120 Å². The second-order valence-corrected chi connectivity index (χ2v) is 5.56. The number of nitrogens with one attached hydrogen (secondary N) is 1. The summed E-state index contributed by atoms with van der Waals surface area (Å²) in [7, 11) is 0. The molecule has 2 N–H and O–H groups in total. The fourth-order valence-electron chi connectivity index (χ4n) is 2.43. The van der Waals surface area contributed by atoms with Crippen molar-refractivity contribution in [2.75, 3.05) is 19.6 Å². The Bertz CT molecular complexity index is 404. The number of hydrogen-bond donors (Lipinski definition) is 2. The lowest BCUT2D eigenvalue weighted by Gasteiger charge is -2.41. The van der Waals surface area contributed by atoms with Gasteiger partial charge in [-0.25, -0.2) is 0 Å². The Morgan fingerprint density at radius 3 is 2.40 bits per heavy atom. The van der Waals surface area contributed by atoms with E-state index in [1.54, 1.807) is 6.92 Å². The van der Waals surface area contributed by atoms with Gasteiger partial charge in [-0.2, -0.15) is 0 Å². The van der Waals surface area contributed by atoms with Gasteiger partial charge in [-0.3, -0.25) is 14.5 Å². The number of hydrogen-bond acceptors (Lipinski definition) is 3. The van der Waals surface area contributed by atoms with E-state index < -0.39 is 11.5 Å². The maximum atomic E-state index is 12.0. The van der Waals surface area contributed by atoms with Crippen LogP contribution in [0.3, 0.4) is 0 Å². The molecule has 20 heavy (non-hydrogen) atoms. The van der Waals surface area contributed by atoms with Gasteiger partial charge in [-0.05, 0) is 18.8 Å². The molecular formula is C15H24N2O3. The molecule has 1 heterocycles. The van der Waals surface area contributed by atoms with E-state index in [2.05, 4.69) is 11.2 Å². The molecule has 0 aliphatic carbocycles. The van der Waals surface area contributed by atoms with Crippen LogP contribution in [0.25, 0.3) is 0 Å². The fourth-order valence-corrected chi connectivity index (χ4v) is 2.43. The van der Waals surface area contributed by atoms with E-state index in [-0.39, 0.29) is 24.3 Å². The number of terminal acetylenes is 1. The summed E-state index contributed by atoms with van der Waals surface area (Å²) in [6.07, 6.45) is 6.90. The zero-order valence-electron chi connectivity index (χ0n) is 12.5. The van der Waals surface area contributed by atoms with Crippen molar-refractivity contribution in [2.45, 2.75) is 39.2 Å². The van der Waals surface area contributed by atoms with Gasteiger partial charge < -0.3 is 10.4 Å². The Balaban J connectivity index is 2.40. The predicted molar refractivity (Wildman–Crippen MR) is 77.0 cm³/mol. The molecule has 0 aromatic carbocycles. The molecule has 112 valence electrons. The molecule has 1 aliphatic heterocycles. The molecule has 1 unspecified atom stereocenters. The van der Waals surface area contributed by atoms with E-state index in [1.807, 2.05) is 18.7 Å². The number of amides is 1. The highest BCUT2D eigenvalue weighted by Crippen LogP contribution is 2.23. The number of carboxylic acids is 1. The van der Waals surface area contributed by atoms with Crippen molar-refractivity contribution in [1.29, 1.82) is 0 Å². The fraction of sp³-hybridized carbons (Fsp3) is 0.733. The third kappa shape index (κ3) is 3.73. The molecule has 1 aliphatic rings. The lowest BCUT2D eigenvalue weighted by atomic mass is 9.87. The number of carbonyl (C=O) groups is 2. The first-order valence-electron chi connectivity index (χ1n) is 7.11. The summed E-state index contributed by atoms with van der Waals surface area (Å²) in [5.74, 6) is 1.58. The van der Waals surface area contributed by atoms with Gasteiger partial charge in [0.2, 0.25) is 5.91 Å². The van der Waals surface area contributed by atoms with Gasteiger partial charge in [0.25, 0.3) is 0 Å². The topological polar surface area (TPSA) is 69.6 Å². The predicted octanol–water partition coefficient (Wildman–Crippen LogP) is 0.947. The van der Waals surface area contributed by atoms with Crippen LogP contribution in [0.4, 0.5) is 0 Å². The first-order chi connectivity index (χ1) is 9.37. The Hall–Kier alpha value is -1.54. The standard InChI is InChI=1S/C15H24N2O3/c1-5-15(6-2,7-3)16-13(18)10-17-8-12(9-17)11(4)14(19)20/h1,11-12H,6-10H2,2-4H3,(H,16,18)(H,19,20). The summed E-state index contributed by atoms with van der Waals surface area (Å²) in [6.45, 7) is 7.22. The smallest absolute Gasteiger partial charge is 0.306 e. The lowest BCUT2D eigenvalue weighted by molar-refractivity contribution is -0.145. The summed E-state index contributed by atoms with van der Waals surface area (Å²) < 4.78 is 0. The van der Waals surface area contributed by atoms with Gasteiger partial charge in [0, 0.05) is 13.1 Å². The minimum Gasteiger partial charge on any atom is -0.481 e. The van der Waals surface area contributed by atoms with E-state index in [0.717, 1.165) is 0 Å². The third-order valence-electron chi connectivity index (χ3n) is 4.31. The average Bonchev–Trinajstić information content (AvgIpc) is 2.39. The van der Waals surface area contributed by atoms with Crippen molar-refractivity contribution in [3.63, 3.8) is 0 Å². The van der Waals surface area contributed by atoms with E-state index >= 15 is 0 Å². The maximum Gasteiger partial charge on any atom is 0.306 e. The third-order valence-corrected chi connectivity index (χ3v) is 4.31. The van der Waals surface area contributed by atoms with Crippen molar-refractivity contribution < 1.29 is 14.7 Å². The molecule has 0 saturated carbocycles. The summed E-state index contributed by atoms with van der Waals surface area (Å²) in [5.41, 5.74) is -0.560. The Morgan fingerprint density at radius 2 is 2.00 bits per heavy atom. The van der Waals surface area contributed by atoms with Crippen molar-refractivity contribution >= 4 is 11.9 Å². The lowest BCUT2D eigenvalue weighted by Crippen LogP contribution is -2.56. The first kappa shape index (κ1) is 16.5. The zero-order valence-corrected chi connectivity index (χ0v) is 12.5. The molecule has 1 fully saturated rings. The van der Waals surface area contributed by atoms with Gasteiger partial charge in [0.05, 0.1) is 12.5 Å². The minimum absolute atomic E-state index is 0.0897. The molecule has 0 aromatic rings. The molecule has 0 aromatic heterocycles. The molecule has 0 bridgehead atoms. The van der Waals surface area contributed by atoms with Crippen LogP contribution >= 0.6 is 0 Å². The van der Waals surface area contributed by atoms with Crippen LogP contribution in [-0.4, -0.2) is 47.1 Å². The zero-order chi connectivity index (χ0) is 15.3. The summed E-state index contributed by atoms with van der Waals surface area (Å²) >= 11 is 0. The normalized spacial score (nSPS) is 17.9. The van der Waals surface area contributed by atoms with Gasteiger partial charge in [0.1, 0.15) is 5.54 Å². The molecule has 1 saturated heterocycles. The number of aliphatic carboxylic acids is 1. The van der Waals surface area contributed by atoms with Crippen molar-refractivity contribution in [3.8, 4) is 12.3 Å². The minimum atomic E-state index is -0.776. The van der Waals surface area contributed by atoms with Gasteiger partial charge in [-0.1, -0.05) is 26.7 Å². The second-order valence-electron chi connectivity index (χ2n) is 5.56. The summed E-state index contributed by atoms with van der Waals surface area (Å²) in [4.78, 5) is 24.8. The van der Waals surface area contributed by atoms with Crippen LogP contribution < -0.4 is 5.32 Å². The van der Waals surface area contributed by atoms with E-state index in [4.69, 9.17) is 11.5 Å². The molecule has 1 rings (SSSR count). The Kier molecular flexibility index (Phi) is 5.58. The number of carbonyl (C=O) groups excluding carboxylic acids is 1. The van der Waals surface area contributed by atoms with Crippen LogP contribution in [0.1, 0.15) is 33.6 Å². The quantitative estimate of drug-likeness (QED) is 0.681. The number of nitrogens with zero attached hydrogens (tertiary/aromatic N) is 1. The van der Waals surface area contributed by atoms with Gasteiger partial charge >= 0.3 is 5.97 Å². The van der Waals surface area contributed by atoms with Crippen molar-refractivity contribution in [2.24, 2.45) is 11.8 Å². The van der Waals surface area contributed by atoms with E-state index in [9.17, 15) is 9.59 Å².